The molecule has 5 fully saturated rings. The Morgan fingerprint density at radius 1 is 1.07 bits per heavy atom. The van der Waals surface area contributed by atoms with Gasteiger partial charge >= 0.3 is 0 Å². The summed E-state index contributed by atoms with van der Waals surface area (Å²) in [6, 6.07) is 0. The van der Waals surface area contributed by atoms with E-state index in [0.29, 0.717) is 17.9 Å². The number of anilines is 1. The molecule has 0 aromatic carbocycles. The molecule has 0 N–H and O–H groups in total. The van der Waals surface area contributed by atoms with E-state index >= 15 is 0 Å². The summed E-state index contributed by atoms with van der Waals surface area (Å²) < 4.78 is 5.45. The first-order valence-electron chi connectivity index (χ1n) is 11.6. The van der Waals surface area contributed by atoms with Gasteiger partial charge in [-0.2, -0.15) is 0 Å². The van der Waals surface area contributed by atoms with E-state index < -0.39 is 0 Å². The van der Waals surface area contributed by atoms with Crippen molar-refractivity contribution in [3.8, 4) is 0 Å². The highest BCUT2D eigenvalue weighted by atomic mass is 16.5. The molecule has 0 spiro atoms. The molecule has 1 saturated heterocycles. The fourth-order valence-corrected chi connectivity index (χ4v) is 7.36. The van der Waals surface area contributed by atoms with Gasteiger partial charge in [0.25, 0.3) is 0 Å². The lowest BCUT2D eigenvalue weighted by Crippen LogP contribution is -2.49. The highest BCUT2D eigenvalue weighted by molar-refractivity contribution is 5.77. The van der Waals surface area contributed by atoms with Crippen LogP contribution in [0.3, 0.4) is 0 Å². The van der Waals surface area contributed by atoms with Crippen LogP contribution in [0.2, 0.25) is 0 Å². The van der Waals surface area contributed by atoms with E-state index in [2.05, 4.69) is 14.8 Å². The summed E-state index contributed by atoms with van der Waals surface area (Å²) in [7, 11) is 0. The molecular weight excluding hydrogens is 364 g/mol. The van der Waals surface area contributed by atoms with Crippen LogP contribution in [0.15, 0.2) is 6.20 Å². The van der Waals surface area contributed by atoms with Crippen LogP contribution in [-0.2, 0) is 22.5 Å². The highest BCUT2D eigenvalue weighted by Gasteiger charge is 2.51. The van der Waals surface area contributed by atoms with Gasteiger partial charge in [-0.1, -0.05) is 0 Å². The number of rotatable bonds is 3. The molecule has 6 nitrogen and oxygen atoms in total. The first kappa shape index (κ1) is 18.1. The number of hydrogen-bond donors (Lipinski definition) is 0. The predicted octanol–water partition coefficient (Wildman–Crippen LogP) is 2.80. The van der Waals surface area contributed by atoms with E-state index in [1.165, 1.54) is 44.1 Å². The summed E-state index contributed by atoms with van der Waals surface area (Å²) in [4.78, 5) is 27.1. The zero-order valence-electron chi connectivity index (χ0n) is 17.3. The van der Waals surface area contributed by atoms with Gasteiger partial charge in [0.1, 0.15) is 0 Å². The third-order valence-electron chi connectivity index (χ3n) is 8.27. The Hall–Kier alpha value is -1.69. The molecule has 4 bridgehead atoms. The van der Waals surface area contributed by atoms with Crippen molar-refractivity contribution in [1.29, 1.82) is 0 Å². The Morgan fingerprint density at radius 2 is 1.76 bits per heavy atom. The van der Waals surface area contributed by atoms with Crippen molar-refractivity contribution in [2.75, 3.05) is 37.7 Å². The van der Waals surface area contributed by atoms with Crippen LogP contribution in [-0.4, -0.2) is 53.6 Å². The normalized spacial score (nSPS) is 35.7. The maximum Gasteiger partial charge on any atom is 0.225 e. The van der Waals surface area contributed by atoms with E-state index in [1.54, 1.807) is 0 Å². The van der Waals surface area contributed by atoms with Crippen molar-refractivity contribution in [2.45, 2.75) is 57.9 Å². The second-order valence-corrected chi connectivity index (χ2v) is 10.4. The SMILES string of the molecule is O=C(CC12CC3CC(CC(C3)C1)C2)N1CCc2cnc(N3CCOCC3)nc2C1. The van der Waals surface area contributed by atoms with E-state index in [4.69, 9.17) is 9.72 Å². The van der Waals surface area contributed by atoms with Crippen molar-refractivity contribution in [3.63, 3.8) is 0 Å². The van der Waals surface area contributed by atoms with Gasteiger partial charge in [-0.3, -0.25) is 4.79 Å². The zero-order chi connectivity index (χ0) is 19.4. The van der Waals surface area contributed by atoms with E-state index in [0.717, 1.165) is 75.1 Å². The average Bonchev–Trinajstić information content (AvgIpc) is 2.72. The molecule has 29 heavy (non-hydrogen) atoms. The monoisotopic (exact) mass is 396 g/mol. The van der Waals surface area contributed by atoms with Crippen LogP contribution in [0.4, 0.5) is 5.95 Å². The van der Waals surface area contributed by atoms with Crippen LogP contribution in [0.25, 0.3) is 0 Å². The summed E-state index contributed by atoms with van der Waals surface area (Å²) in [6.45, 7) is 4.62. The molecule has 0 radical (unpaired) electrons. The Morgan fingerprint density at radius 3 is 2.45 bits per heavy atom. The minimum absolute atomic E-state index is 0.316. The largest absolute Gasteiger partial charge is 0.378 e. The first-order chi connectivity index (χ1) is 14.2. The standard InChI is InChI=1S/C23H32N4O2/c28-21(13-23-10-16-7-17(11-23)9-18(8-16)12-23)27-2-1-19-14-24-22(25-20(19)15-27)26-3-5-29-6-4-26/h14,16-18H,1-13,15H2. The molecule has 6 heteroatoms. The van der Waals surface area contributed by atoms with Gasteiger partial charge in [0.2, 0.25) is 11.9 Å². The zero-order valence-corrected chi connectivity index (χ0v) is 17.3. The lowest BCUT2D eigenvalue weighted by Gasteiger charge is -2.57. The number of carbonyl (C=O) groups excluding carboxylic acids is 1. The molecule has 4 saturated carbocycles. The second-order valence-electron chi connectivity index (χ2n) is 10.4. The molecule has 7 rings (SSSR count). The number of ether oxygens (including phenoxy) is 1. The van der Waals surface area contributed by atoms with Crippen LogP contribution in [0.1, 0.15) is 56.2 Å². The number of morpholine rings is 1. The number of amides is 1. The molecule has 0 atom stereocenters. The summed E-state index contributed by atoms with van der Waals surface area (Å²) in [5.41, 5.74) is 2.57. The maximum atomic E-state index is 13.3. The third kappa shape index (κ3) is 3.33. The van der Waals surface area contributed by atoms with Crippen molar-refractivity contribution >= 4 is 11.9 Å². The molecule has 6 aliphatic rings. The van der Waals surface area contributed by atoms with Gasteiger partial charge in [0.15, 0.2) is 0 Å². The molecule has 156 valence electrons. The molecule has 1 aromatic heterocycles. The van der Waals surface area contributed by atoms with Gasteiger partial charge in [0.05, 0.1) is 25.5 Å². The lowest BCUT2D eigenvalue weighted by molar-refractivity contribution is -0.140. The van der Waals surface area contributed by atoms with Crippen molar-refractivity contribution in [3.05, 3.63) is 17.5 Å². The van der Waals surface area contributed by atoms with E-state index in [-0.39, 0.29) is 0 Å². The molecule has 2 aliphatic heterocycles. The Bertz CT molecular complexity index is 769. The maximum absolute atomic E-state index is 13.3. The summed E-state index contributed by atoms with van der Waals surface area (Å²) in [6.07, 6.45) is 11.9. The van der Waals surface area contributed by atoms with Crippen molar-refractivity contribution in [1.82, 2.24) is 14.9 Å². The van der Waals surface area contributed by atoms with Gasteiger partial charge in [0, 0.05) is 32.3 Å². The molecule has 1 amide bonds. The molecule has 4 aliphatic carbocycles. The van der Waals surface area contributed by atoms with E-state index in [1.807, 2.05) is 6.20 Å². The highest BCUT2D eigenvalue weighted by Crippen LogP contribution is 2.61. The summed E-state index contributed by atoms with van der Waals surface area (Å²) >= 11 is 0. The number of nitrogens with zero attached hydrogens (tertiary/aromatic N) is 4. The Kier molecular flexibility index (Phi) is 4.33. The quantitative estimate of drug-likeness (QED) is 0.786. The number of carbonyl (C=O) groups is 1. The lowest BCUT2D eigenvalue weighted by atomic mass is 9.49. The number of fused-ring (bicyclic) bond motifs is 1. The molecule has 0 unspecified atom stereocenters. The van der Waals surface area contributed by atoms with Gasteiger partial charge in [-0.05, 0) is 73.7 Å². The second kappa shape index (κ2) is 6.93. The minimum atomic E-state index is 0.316. The van der Waals surface area contributed by atoms with E-state index in [9.17, 15) is 4.79 Å². The summed E-state index contributed by atoms with van der Waals surface area (Å²) in [5, 5.41) is 0. The fraction of sp³-hybridized carbons (Fsp3) is 0.783. The topological polar surface area (TPSA) is 58.6 Å². The molecule has 1 aromatic rings. The van der Waals surface area contributed by atoms with Crippen LogP contribution < -0.4 is 4.90 Å². The molecular formula is C23H32N4O2. The van der Waals surface area contributed by atoms with Gasteiger partial charge < -0.3 is 14.5 Å². The first-order valence-corrected chi connectivity index (χ1v) is 11.6. The Labute approximate surface area is 173 Å². The van der Waals surface area contributed by atoms with Crippen molar-refractivity contribution in [2.24, 2.45) is 23.2 Å². The van der Waals surface area contributed by atoms with Crippen LogP contribution in [0, 0.1) is 23.2 Å². The number of hydrogen-bond acceptors (Lipinski definition) is 5. The predicted molar refractivity (Wildman–Crippen MR) is 109 cm³/mol. The average molecular weight is 397 g/mol. The minimum Gasteiger partial charge on any atom is -0.378 e. The third-order valence-corrected chi connectivity index (χ3v) is 8.27. The number of aromatic nitrogens is 2. The summed E-state index contributed by atoms with van der Waals surface area (Å²) in [5.74, 6) is 3.87. The fourth-order valence-electron chi connectivity index (χ4n) is 7.36. The van der Waals surface area contributed by atoms with Gasteiger partial charge in [-0.25, -0.2) is 9.97 Å². The van der Waals surface area contributed by atoms with Crippen LogP contribution in [0.5, 0.6) is 0 Å². The van der Waals surface area contributed by atoms with Crippen LogP contribution >= 0.6 is 0 Å². The smallest absolute Gasteiger partial charge is 0.225 e. The Balaban J connectivity index is 1.16. The molecule has 3 heterocycles. The van der Waals surface area contributed by atoms with Gasteiger partial charge in [-0.15, -0.1) is 0 Å². The van der Waals surface area contributed by atoms with Crippen molar-refractivity contribution < 1.29 is 9.53 Å².